The second-order valence-electron chi connectivity index (χ2n) is 11.7. The maximum atomic E-state index is 13.5. The lowest BCUT2D eigenvalue weighted by Crippen LogP contribution is -2.51. The van der Waals surface area contributed by atoms with E-state index < -0.39 is 32.6 Å². The molecule has 4 rings (SSSR count). The maximum Gasteiger partial charge on any atom is 0.270 e. The molecule has 1 aliphatic heterocycles. The number of benzene rings is 1. The molecule has 212 valence electrons. The quantitative estimate of drug-likeness (QED) is 0.313. The molecule has 2 aromatic rings. The number of nitrogens with one attached hydrogen (secondary N) is 2. The highest BCUT2D eigenvalue weighted by molar-refractivity contribution is 7.91. The van der Waals surface area contributed by atoms with Crippen LogP contribution in [0.4, 0.5) is 0 Å². The lowest BCUT2D eigenvalue weighted by Gasteiger charge is -2.37. The lowest BCUT2D eigenvalue weighted by molar-refractivity contribution is -0.124. The molecule has 0 spiro atoms. The van der Waals surface area contributed by atoms with Crippen LogP contribution in [0.25, 0.3) is 5.57 Å². The van der Waals surface area contributed by atoms with E-state index in [0.717, 1.165) is 24.2 Å². The summed E-state index contributed by atoms with van der Waals surface area (Å²) in [6, 6.07) is 9.35. The van der Waals surface area contributed by atoms with E-state index >= 15 is 0 Å². The molecular weight excluding hydrogens is 516 g/mol. The molecule has 0 bridgehead atoms. The van der Waals surface area contributed by atoms with Gasteiger partial charge in [0.1, 0.15) is 11.3 Å². The average molecular weight is 557 g/mol. The normalized spacial score (nSPS) is 20.1. The summed E-state index contributed by atoms with van der Waals surface area (Å²) < 4.78 is 34.8. The Balaban J connectivity index is 1.64. The molecule has 2 N–H and O–H groups in total. The smallest absolute Gasteiger partial charge is 0.270 e. The minimum Gasteiger partial charge on any atom is -0.494 e. The predicted octanol–water partition coefficient (Wildman–Crippen LogP) is 4.39. The van der Waals surface area contributed by atoms with Crippen molar-refractivity contribution in [3.8, 4) is 5.75 Å². The van der Waals surface area contributed by atoms with Crippen LogP contribution >= 0.6 is 0 Å². The number of ether oxygens (including phenoxy) is 1. The van der Waals surface area contributed by atoms with E-state index in [4.69, 9.17) is 4.74 Å². The van der Waals surface area contributed by atoms with Crippen molar-refractivity contribution in [2.24, 2.45) is 0 Å². The average Bonchev–Trinajstić information content (AvgIpc) is 3.60. The number of nitrogens with zero attached hydrogens (tertiary/aromatic N) is 2. The fourth-order valence-corrected chi connectivity index (χ4v) is 5.99. The Bertz CT molecular complexity index is 1350. The largest absolute Gasteiger partial charge is 0.494 e. The fourth-order valence-electron chi connectivity index (χ4n) is 4.71. The Hall–Kier alpha value is -3.14. The predicted molar refractivity (Wildman–Crippen MR) is 150 cm³/mol. The van der Waals surface area contributed by atoms with Crippen molar-refractivity contribution in [3.63, 3.8) is 0 Å². The number of sulfonamides is 1. The van der Waals surface area contributed by atoms with Crippen LogP contribution in [-0.2, 0) is 30.7 Å². The number of hydrogen-bond acceptors (Lipinski definition) is 6. The number of carbonyl (C=O) groups excluding carboxylic acids is 2. The topological polar surface area (TPSA) is 119 Å². The van der Waals surface area contributed by atoms with Gasteiger partial charge in [-0.25, -0.2) is 13.1 Å². The van der Waals surface area contributed by atoms with Gasteiger partial charge in [0.15, 0.2) is 0 Å². The summed E-state index contributed by atoms with van der Waals surface area (Å²) >= 11 is 0. The van der Waals surface area contributed by atoms with Crippen LogP contribution in [0.15, 0.2) is 42.1 Å². The first-order valence-corrected chi connectivity index (χ1v) is 15.3. The second kappa shape index (κ2) is 11.2. The molecule has 1 atom stereocenters. The van der Waals surface area contributed by atoms with E-state index in [2.05, 4.69) is 22.1 Å². The summed E-state index contributed by atoms with van der Waals surface area (Å²) in [7, 11) is -3.83. The van der Waals surface area contributed by atoms with Gasteiger partial charge in [-0.05, 0) is 70.7 Å². The Kier molecular flexibility index (Phi) is 8.25. The van der Waals surface area contributed by atoms with Crippen LogP contribution in [0.3, 0.4) is 0 Å². The second-order valence-corrected chi connectivity index (χ2v) is 13.7. The van der Waals surface area contributed by atoms with E-state index in [-0.39, 0.29) is 17.5 Å². The van der Waals surface area contributed by atoms with Gasteiger partial charge in [0.2, 0.25) is 10.0 Å². The maximum absolute atomic E-state index is 13.5. The number of unbranched alkanes of at least 4 members (excludes halogenated alkanes) is 3. The van der Waals surface area contributed by atoms with Gasteiger partial charge in [-0.1, -0.05) is 38.3 Å². The van der Waals surface area contributed by atoms with E-state index in [0.29, 0.717) is 30.7 Å². The first-order valence-electron chi connectivity index (χ1n) is 13.8. The number of amides is 2. The summed E-state index contributed by atoms with van der Waals surface area (Å²) in [4.78, 5) is 26.7. The molecule has 9 nitrogen and oxygen atoms in total. The SMILES string of the molecule is CCCCCCOc1ccc(C2(C)CC(c3ccn(C(C)(C)C)n3)=C(C(=O)NS(=O)(=O)C3CC3)C(=O)N2)cc1. The van der Waals surface area contributed by atoms with Gasteiger partial charge < -0.3 is 10.1 Å². The molecule has 39 heavy (non-hydrogen) atoms. The zero-order valence-electron chi connectivity index (χ0n) is 23.5. The molecular formula is C29H40N4O5S. The molecule has 2 amide bonds. The molecule has 2 heterocycles. The monoisotopic (exact) mass is 556 g/mol. The van der Waals surface area contributed by atoms with Crippen molar-refractivity contribution in [2.75, 3.05) is 6.61 Å². The van der Waals surface area contributed by atoms with Crippen LogP contribution in [0.1, 0.15) is 90.8 Å². The summed E-state index contributed by atoms with van der Waals surface area (Å²) in [6.07, 6.45) is 7.57. The van der Waals surface area contributed by atoms with Crippen molar-refractivity contribution in [1.29, 1.82) is 0 Å². The Morgan fingerprint density at radius 2 is 1.85 bits per heavy atom. The Labute approximate surface area is 231 Å². The molecule has 1 saturated carbocycles. The van der Waals surface area contributed by atoms with Crippen molar-refractivity contribution < 1.29 is 22.7 Å². The number of aromatic nitrogens is 2. The third-order valence-electron chi connectivity index (χ3n) is 7.22. The molecule has 1 aromatic heterocycles. The number of carbonyl (C=O) groups is 2. The molecule has 2 aliphatic rings. The van der Waals surface area contributed by atoms with Gasteiger partial charge in [0.05, 0.1) is 28.6 Å². The summed E-state index contributed by atoms with van der Waals surface area (Å²) in [5, 5.41) is 7.05. The third-order valence-corrected chi connectivity index (χ3v) is 9.04. The summed E-state index contributed by atoms with van der Waals surface area (Å²) in [5.74, 6) is -0.802. The van der Waals surface area contributed by atoms with Gasteiger partial charge >= 0.3 is 0 Å². The van der Waals surface area contributed by atoms with Crippen LogP contribution in [0, 0.1) is 0 Å². The Morgan fingerprint density at radius 1 is 1.15 bits per heavy atom. The van der Waals surface area contributed by atoms with Crippen LogP contribution in [-0.4, -0.2) is 41.9 Å². The van der Waals surface area contributed by atoms with Crippen molar-refractivity contribution >= 4 is 27.4 Å². The Morgan fingerprint density at radius 3 is 2.44 bits per heavy atom. The lowest BCUT2D eigenvalue weighted by atomic mass is 9.79. The molecule has 10 heteroatoms. The van der Waals surface area contributed by atoms with Crippen molar-refractivity contribution in [2.45, 2.75) is 95.9 Å². The van der Waals surface area contributed by atoms with Gasteiger partial charge in [0, 0.05) is 18.2 Å². The van der Waals surface area contributed by atoms with Crippen LogP contribution in [0.2, 0.25) is 0 Å². The highest BCUT2D eigenvalue weighted by Crippen LogP contribution is 2.39. The first-order chi connectivity index (χ1) is 18.3. The van der Waals surface area contributed by atoms with E-state index in [1.54, 1.807) is 16.9 Å². The molecule has 0 saturated heterocycles. The van der Waals surface area contributed by atoms with Gasteiger partial charge in [-0.15, -0.1) is 0 Å². The van der Waals surface area contributed by atoms with Gasteiger partial charge in [-0.2, -0.15) is 5.10 Å². The standard InChI is InChI=1S/C29H40N4O5S/c1-6-7-8-9-18-38-21-12-10-20(11-13-21)29(5)19-23(24-16-17-33(31-24)28(2,3)4)25(26(34)30-29)27(35)32-39(36,37)22-14-15-22/h10-13,16-17,22H,6-9,14-15,18-19H2,1-5H3,(H,30,34)(H,32,35). The van der Waals surface area contributed by atoms with Crippen molar-refractivity contribution in [1.82, 2.24) is 19.8 Å². The highest BCUT2D eigenvalue weighted by atomic mass is 32.2. The highest BCUT2D eigenvalue weighted by Gasteiger charge is 2.43. The minimum atomic E-state index is -3.83. The fraction of sp³-hybridized carbons (Fsp3) is 0.552. The molecule has 0 radical (unpaired) electrons. The molecule has 1 aromatic carbocycles. The molecule has 1 aliphatic carbocycles. The summed E-state index contributed by atoms with van der Waals surface area (Å²) in [6.45, 7) is 10.7. The minimum absolute atomic E-state index is 0.220. The van der Waals surface area contributed by atoms with E-state index in [9.17, 15) is 18.0 Å². The van der Waals surface area contributed by atoms with E-state index in [1.807, 2.05) is 52.0 Å². The van der Waals surface area contributed by atoms with Gasteiger partial charge in [0.25, 0.3) is 11.8 Å². The first kappa shape index (κ1) is 28.9. The zero-order chi connectivity index (χ0) is 28.4. The molecule has 1 fully saturated rings. The van der Waals surface area contributed by atoms with Crippen LogP contribution < -0.4 is 14.8 Å². The summed E-state index contributed by atoms with van der Waals surface area (Å²) in [5.41, 5.74) is 0.325. The zero-order valence-corrected chi connectivity index (χ0v) is 24.4. The number of rotatable bonds is 11. The van der Waals surface area contributed by atoms with Gasteiger partial charge in [-0.3, -0.25) is 14.3 Å². The third kappa shape index (κ3) is 6.72. The van der Waals surface area contributed by atoms with Crippen LogP contribution in [0.5, 0.6) is 5.75 Å². The van der Waals surface area contributed by atoms with Crippen molar-refractivity contribution in [3.05, 3.63) is 53.4 Å². The molecule has 1 unspecified atom stereocenters. The van der Waals surface area contributed by atoms with E-state index in [1.165, 1.54) is 12.8 Å². The number of hydrogen-bond donors (Lipinski definition) is 2.